The Kier molecular flexibility index (Phi) is 12.5. The molecule has 15 heteroatoms. The summed E-state index contributed by atoms with van der Waals surface area (Å²) in [5, 5.41) is 3.16. The smallest absolute Gasteiger partial charge is 0.387 e. The van der Waals surface area contributed by atoms with Gasteiger partial charge in [0, 0.05) is 31.3 Å². The predicted octanol–water partition coefficient (Wildman–Crippen LogP) is 7.82. The van der Waals surface area contributed by atoms with Gasteiger partial charge in [0.1, 0.15) is 29.1 Å². The van der Waals surface area contributed by atoms with Gasteiger partial charge in [0.15, 0.2) is 11.5 Å². The first-order chi connectivity index (χ1) is 27.0. The molecule has 3 aliphatic heterocycles. The SMILES string of the molecule is O=C(OC(Cc1c(Cl)c[nH]c(=O)c1Cl)c1ccc(OC(F)F)c(OCC2CC2)c1)c1cccc(CNC(C(=O)O[C@H]2CN3CCC2CC3)c2ccc(F)cc2)c1. The van der Waals surface area contributed by atoms with Crippen LogP contribution >= 0.6 is 23.2 Å². The number of benzene rings is 3. The van der Waals surface area contributed by atoms with Crippen LogP contribution in [-0.2, 0) is 27.2 Å². The number of hydrogen-bond donors (Lipinski definition) is 2. The molecule has 4 heterocycles. The molecule has 1 aliphatic carbocycles. The van der Waals surface area contributed by atoms with E-state index in [-0.39, 0.29) is 51.7 Å². The van der Waals surface area contributed by atoms with Crippen LogP contribution in [0.4, 0.5) is 13.2 Å². The summed E-state index contributed by atoms with van der Waals surface area (Å²) in [6, 6.07) is 15.5. The molecule has 8 rings (SSSR count). The third kappa shape index (κ3) is 9.87. The molecule has 3 aromatic carbocycles. The van der Waals surface area contributed by atoms with Gasteiger partial charge in [0.05, 0.1) is 17.2 Å². The van der Waals surface area contributed by atoms with Crippen molar-refractivity contribution in [2.24, 2.45) is 11.8 Å². The van der Waals surface area contributed by atoms with Crippen molar-refractivity contribution in [1.82, 2.24) is 15.2 Å². The molecular formula is C41H40Cl2F3N3O7. The average Bonchev–Trinajstić information content (AvgIpc) is 4.03. The second kappa shape index (κ2) is 17.7. The van der Waals surface area contributed by atoms with E-state index in [2.05, 4.69) is 15.2 Å². The molecule has 4 aliphatic rings. The Morgan fingerprint density at radius 3 is 2.39 bits per heavy atom. The lowest BCUT2D eigenvalue weighted by atomic mass is 9.86. The van der Waals surface area contributed by atoms with Gasteiger partial charge in [-0.15, -0.1) is 0 Å². The van der Waals surface area contributed by atoms with Crippen molar-refractivity contribution in [3.05, 3.63) is 127 Å². The second-order valence-electron chi connectivity index (χ2n) is 14.4. The number of hydrogen-bond acceptors (Lipinski definition) is 9. The molecular weight excluding hydrogens is 774 g/mol. The molecule has 0 spiro atoms. The Balaban J connectivity index is 1.11. The maximum Gasteiger partial charge on any atom is 0.387 e. The van der Waals surface area contributed by atoms with Crippen molar-refractivity contribution in [2.45, 2.75) is 63.5 Å². The highest BCUT2D eigenvalue weighted by Gasteiger charge is 2.38. The van der Waals surface area contributed by atoms with Gasteiger partial charge in [0.25, 0.3) is 5.56 Å². The minimum atomic E-state index is -3.10. The van der Waals surface area contributed by atoms with Crippen LogP contribution in [0.1, 0.15) is 70.4 Å². The fraction of sp³-hybridized carbons (Fsp3) is 0.390. The van der Waals surface area contributed by atoms with E-state index in [1.807, 2.05) is 0 Å². The van der Waals surface area contributed by atoms with Crippen LogP contribution in [0, 0.1) is 17.7 Å². The van der Waals surface area contributed by atoms with Crippen LogP contribution in [0.2, 0.25) is 10.0 Å². The lowest BCUT2D eigenvalue weighted by molar-refractivity contribution is -0.161. The predicted molar refractivity (Wildman–Crippen MR) is 202 cm³/mol. The number of esters is 2. The summed E-state index contributed by atoms with van der Waals surface area (Å²) >= 11 is 12.8. The molecule has 3 saturated heterocycles. The van der Waals surface area contributed by atoms with Gasteiger partial charge < -0.3 is 23.9 Å². The lowest BCUT2D eigenvalue weighted by Gasteiger charge is -2.44. The summed E-state index contributed by atoms with van der Waals surface area (Å²) in [5.41, 5.74) is 1.27. The monoisotopic (exact) mass is 813 g/mol. The highest BCUT2D eigenvalue weighted by Crippen LogP contribution is 2.38. The Labute approximate surface area is 331 Å². The zero-order valence-electron chi connectivity index (χ0n) is 30.2. The van der Waals surface area contributed by atoms with Crippen LogP contribution in [0.15, 0.2) is 77.7 Å². The maximum atomic E-state index is 13.9. The summed E-state index contributed by atoms with van der Waals surface area (Å²) in [5.74, 6) is -1.22. The number of ether oxygens (including phenoxy) is 4. The van der Waals surface area contributed by atoms with Crippen molar-refractivity contribution in [3.63, 3.8) is 0 Å². The number of halogens is 5. The molecule has 2 N–H and O–H groups in total. The van der Waals surface area contributed by atoms with Crippen molar-refractivity contribution in [2.75, 3.05) is 26.2 Å². The van der Waals surface area contributed by atoms with E-state index < -0.39 is 42.1 Å². The molecule has 4 fully saturated rings. The van der Waals surface area contributed by atoms with E-state index >= 15 is 0 Å². The second-order valence-corrected chi connectivity index (χ2v) is 15.2. The van der Waals surface area contributed by atoms with Crippen LogP contribution in [0.3, 0.4) is 0 Å². The fourth-order valence-electron chi connectivity index (χ4n) is 7.12. The van der Waals surface area contributed by atoms with Crippen molar-refractivity contribution in [1.29, 1.82) is 0 Å². The third-order valence-corrected chi connectivity index (χ3v) is 11.2. The zero-order valence-corrected chi connectivity index (χ0v) is 31.7. The van der Waals surface area contributed by atoms with Crippen LogP contribution in [0.5, 0.6) is 11.5 Å². The Hall–Kier alpha value is -4.56. The van der Waals surface area contributed by atoms with E-state index in [1.54, 1.807) is 24.3 Å². The van der Waals surface area contributed by atoms with E-state index in [1.165, 1.54) is 48.7 Å². The first kappa shape index (κ1) is 39.7. The molecule has 0 amide bonds. The number of fused-ring (bicyclic) bond motifs is 3. The number of aromatic amines is 1. The van der Waals surface area contributed by atoms with Crippen molar-refractivity contribution >= 4 is 35.1 Å². The first-order valence-electron chi connectivity index (χ1n) is 18.5. The Morgan fingerprint density at radius 1 is 0.946 bits per heavy atom. The zero-order chi connectivity index (χ0) is 39.3. The standard InChI is InChI=1S/C41H40Cl2F3N3O7/c42-31-20-48-38(50)36(43)30(31)18-33(27-8-11-32(56-41(45)46)34(17-27)53-22-23-4-5-23)54-39(51)28-3-1-2-24(16-28)19-47-37(26-6-9-29(44)10-7-26)40(52)55-35-21-49-14-12-25(35)13-15-49/h1-3,6-11,16-17,20,23,25,33,35,37,41,47H,4-5,12-15,18-19,21-22H2,(H,48,50)/t33?,35-,37?/m0/s1. The van der Waals surface area contributed by atoms with Gasteiger partial charge >= 0.3 is 18.6 Å². The largest absolute Gasteiger partial charge is 0.489 e. The molecule has 56 heavy (non-hydrogen) atoms. The van der Waals surface area contributed by atoms with Gasteiger partial charge in [0.2, 0.25) is 0 Å². The number of H-pyrrole nitrogens is 1. The first-order valence-corrected chi connectivity index (χ1v) is 19.2. The summed E-state index contributed by atoms with van der Waals surface area (Å²) in [4.78, 5) is 44.7. The summed E-state index contributed by atoms with van der Waals surface area (Å²) in [7, 11) is 0. The van der Waals surface area contributed by atoms with Gasteiger partial charge in [-0.1, -0.05) is 53.5 Å². The number of carbonyl (C=O) groups excluding carboxylic acids is 2. The van der Waals surface area contributed by atoms with Gasteiger partial charge in [-0.25, -0.2) is 14.0 Å². The van der Waals surface area contributed by atoms with Crippen LogP contribution < -0.4 is 20.3 Å². The highest BCUT2D eigenvalue weighted by atomic mass is 35.5. The quantitative estimate of drug-likeness (QED) is 0.109. The molecule has 2 unspecified atom stereocenters. The molecule has 2 bridgehead atoms. The average molecular weight is 815 g/mol. The fourth-order valence-corrected chi connectivity index (χ4v) is 7.63. The van der Waals surface area contributed by atoms with E-state index in [4.69, 9.17) is 42.1 Å². The van der Waals surface area contributed by atoms with Crippen molar-refractivity contribution in [3.8, 4) is 11.5 Å². The summed E-state index contributed by atoms with van der Waals surface area (Å²) < 4.78 is 63.1. The molecule has 0 radical (unpaired) electrons. The van der Waals surface area contributed by atoms with E-state index in [0.717, 1.165) is 38.8 Å². The molecule has 4 aromatic rings. The number of piperidine rings is 3. The van der Waals surface area contributed by atoms with Crippen LogP contribution in [0.25, 0.3) is 0 Å². The molecule has 1 aromatic heterocycles. The summed E-state index contributed by atoms with van der Waals surface area (Å²) in [6.45, 7) is -0.0189. The van der Waals surface area contributed by atoms with Gasteiger partial charge in [-0.3, -0.25) is 15.0 Å². The molecule has 296 valence electrons. The summed E-state index contributed by atoms with van der Waals surface area (Å²) in [6.07, 6.45) is 3.62. The van der Waals surface area contributed by atoms with Gasteiger partial charge in [-0.05, 0) is 104 Å². The van der Waals surface area contributed by atoms with Crippen LogP contribution in [-0.4, -0.2) is 60.8 Å². The topological polar surface area (TPSA) is 119 Å². The normalized spacial score (nSPS) is 20.0. The molecule has 3 atom stereocenters. The number of pyridine rings is 1. The number of nitrogens with zero attached hydrogens (tertiary/aromatic N) is 1. The third-order valence-electron chi connectivity index (χ3n) is 10.4. The minimum absolute atomic E-state index is 0.0367. The maximum absolute atomic E-state index is 13.9. The number of alkyl halides is 2. The Morgan fingerprint density at radius 2 is 1.70 bits per heavy atom. The number of rotatable bonds is 16. The van der Waals surface area contributed by atoms with E-state index in [9.17, 15) is 27.6 Å². The number of aromatic nitrogens is 1. The lowest BCUT2D eigenvalue weighted by Crippen LogP contribution is -2.52. The van der Waals surface area contributed by atoms with E-state index in [0.29, 0.717) is 41.7 Å². The van der Waals surface area contributed by atoms with Crippen molar-refractivity contribution < 1.29 is 41.7 Å². The number of carbonyl (C=O) groups is 2. The highest BCUT2D eigenvalue weighted by molar-refractivity contribution is 6.35. The molecule has 10 nitrogen and oxygen atoms in total. The Bertz CT molecular complexity index is 2090. The minimum Gasteiger partial charge on any atom is -0.489 e. The number of nitrogens with one attached hydrogen (secondary N) is 2. The van der Waals surface area contributed by atoms with Gasteiger partial charge in [-0.2, -0.15) is 8.78 Å². The molecule has 1 saturated carbocycles.